The van der Waals surface area contributed by atoms with E-state index in [2.05, 4.69) is 19.2 Å². The van der Waals surface area contributed by atoms with E-state index in [-0.39, 0.29) is 17.6 Å². The van der Waals surface area contributed by atoms with Crippen molar-refractivity contribution < 1.29 is 14.3 Å². The van der Waals surface area contributed by atoms with Crippen molar-refractivity contribution in [2.75, 3.05) is 6.61 Å². The van der Waals surface area contributed by atoms with Gasteiger partial charge in [-0.1, -0.05) is 32.0 Å². The molecule has 0 bridgehead atoms. The number of nitrogens with one attached hydrogen (secondary N) is 1. The Bertz CT molecular complexity index is 811. The molecule has 0 aromatic heterocycles. The van der Waals surface area contributed by atoms with Crippen LogP contribution < -0.4 is 14.8 Å². The Kier molecular flexibility index (Phi) is 5.73. The van der Waals surface area contributed by atoms with Gasteiger partial charge in [-0.05, 0) is 56.5 Å². The van der Waals surface area contributed by atoms with Crippen LogP contribution in [-0.2, 0) is 0 Å². The molecule has 4 heteroatoms. The number of hydrogen-bond acceptors (Lipinski definition) is 3. The van der Waals surface area contributed by atoms with Gasteiger partial charge in [0.1, 0.15) is 17.1 Å². The lowest BCUT2D eigenvalue weighted by molar-refractivity contribution is 0.0227. The third kappa shape index (κ3) is 3.95. The minimum atomic E-state index is -0.235. The lowest BCUT2D eigenvalue weighted by atomic mass is 9.83. The van der Waals surface area contributed by atoms with Crippen LogP contribution in [-0.4, -0.2) is 18.1 Å². The molecule has 0 spiro atoms. The first-order chi connectivity index (χ1) is 13.0. The number of ether oxygens (including phenoxy) is 2. The van der Waals surface area contributed by atoms with Crippen molar-refractivity contribution in [3.8, 4) is 11.5 Å². The summed E-state index contributed by atoms with van der Waals surface area (Å²) in [6.07, 6.45) is 2.59. The summed E-state index contributed by atoms with van der Waals surface area (Å²) >= 11 is 0. The molecule has 1 aliphatic heterocycles. The molecule has 2 aromatic carbocycles. The van der Waals surface area contributed by atoms with Crippen LogP contribution >= 0.6 is 0 Å². The number of fused-ring (bicyclic) bond motifs is 1. The van der Waals surface area contributed by atoms with Crippen LogP contribution in [0.15, 0.2) is 42.5 Å². The lowest BCUT2D eigenvalue weighted by Gasteiger charge is -2.41. The van der Waals surface area contributed by atoms with E-state index in [0.29, 0.717) is 12.2 Å². The highest BCUT2D eigenvalue weighted by atomic mass is 16.5. The van der Waals surface area contributed by atoms with Crippen molar-refractivity contribution in [2.24, 2.45) is 0 Å². The second-order valence-electron chi connectivity index (χ2n) is 7.17. The fraction of sp³-hybridized carbons (Fsp3) is 0.435. The summed E-state index contributed by atoms with van der Waals surface area (Å²) in [5.74, 6) is 1.63. The van der Waals surface area contributed by atoms with Gasteiger partial charge < -0.3 is 14.8 Å². The minimum Gasteiger partial charge on any atom is -0.494 e. The summed E-state index contributed by atoms with van der Waals surface area (Å²) in [6.45, 7) is 8.82. The highest BCUT2D eigenvalue weighted by Crippen LogP contribution is 2.42. The van der Waals surface area contributed by atoms with Crippen LogP contribution in [0.25, 0.3) is 0 Å². The molecule has 1 N–H and O–H groups in total. The van der Waals surface area contributed by atoms with E-state index in [0.717, 1.165) is 41.9 Å². The first-order valence-corrected chi connectivity index (χ1v) is 9.84. The molecule has 0 radical (unpaired) electrons. The van der Waals surface area contributed by atoms with Gasteiger partial charge in [0.15, 0.2) is 0 Å². The zero-order chi connectivity index (χ0) is 19.4. The molecule has 0 saturated carbocycles. The van der Waals surface area contributed by atoms with Crippen LogP contribution in [0.3, 0.4) is 0 Å². The standard InChI is InChI=1S/C23H29NO3/c1-5-23(6-2)15-19(18-10-8-9-11-21(18)27-23)24-22(25)17-12-13-20(26-7-3)16(4)14-17/h8-14,19H,5-7,15H2,1-4H3,(H,24,25)/t19-/m0/s1. The summed E-state index contributed by atoms with van der Waals surface area (Å²) in [5.41, 5.74) is 2.43. The topological polar surface area (TPSA) is 47.6 Å². The number of amides is 1. The summed E-state index contributed by atoms with van der Waals surface area (Å²) in [6, 6.07) is 13.5. The molecule has 1 amide bonds. The van der Waals surface area contributed by atoms with Gasteiger partial charge in [0.25, 0.3) is 5.91 Å². The van der Waals surface area contributed by atoms with Gasteiger partial charge in [-0.25, -0.2) is 0 Å². The molecule has 1 atom stereocenters. The Hall–Kier alpha value is -2.49. The van der Waals surface area contributed by atoms with Crippen molar-refractivity contribution in [1.29, 1.82) is 0 Å². The molecule has 0 fully saturated rings. The van der Waals surface area contributed by atoms with Gasteiger partial charge in [-0.15, -0.1) is 0 Å². The predicted octanol–water partition coefficient (Wildman–Crippen LogP) is 5.21. The number of hydrogen-bond donors (Lipinski definition) is 1. The van der Waals surface area contributed by atoms with E-state index in [9.17, 15) is 4.79 Å². The van der Waals surface area contributed by atoms with Gasteiger partial charge in [-0.2, -0.15) is 0 Å². The Labute approximate surface area is 161 Å². The van der Waals surface area contributed by atoms with E-state index in [4.69, 9.17) is 9.47 Å². The van der Waals surface area contributed by atoms with Crippen molar-refractivity contribution in [1.82, 2.24) is 5.32 Å². The monoisotopic (exact) mass is 367 g/mol. The van der Waals surface area contributed by atoms with Crippen LogP contribution in [0.1, 0.15) is 67.6 Å². The number of para-hydroxylation sites is 1. The lowest BCUT2D eigenvalue weighted by Crippen LogP contribution is -2.44. The normalized spacial score (nSPS) is 17.6. The van der Waals surface area contributed by atoms with E-state index >= 15 is 0 Å². The average molecular weight is 367 g/mol. The second-order valence-corrected chi connectivity index (χ2v) is 7.17. The van der Waals surface area contributed by atoms with Crippen LogP contribution in [0, 0.1) is 6.92 Å². The quantitative estimate of drug-likeness (QED) is 0.763. The minimum absolute atomic E-state index is 0.0609. The Morgan fingerprint density at radius 3 is 2.59 bits per heavy atom. The van der Waals surface area contributed by atoms with E-state index < -0.39 is 0 Å². The fourth-order valence-electron chi connectivity index (χ4n) is 3.78. The zero-order valence-corrected chi connectivity index (χ0v) is 16.7. The number of carbonyl (C=O) groups excluding carboxylic acids is 1. The highest BCUT2D eigenvalue weighted by molar-refractivity contribution is 5.95. The first kappa shape index (κ1) is 19.3. The SMILES string of the molecule is CCOc1ccc(C(=O)N[C@H]2CC(CC)(CC)Oc3ccccc32)cc1C. The fourth-order valence-corrected chi connectivity index (χ4v) is 3.78. The molecular weight excluding hydrogens is 338 g/mol. The maximum absolute atomic E-state index is 12.9. The van der Waals surface area contributed by atoms with Crippen molar-refractivity contribution in [3.63, 3.8) is 0 Å². The Morgan fingerprint density at radius 2 is 1.93 bits per heavy atom. The maximum atomic E-state index is 12.9. The van der Waals surface area contributed by atoms with E-state index in [1.54, 1.807) is 0 Å². The Morgan fingerprint density at radius 1 is 1.19 bits per heavy atom. The first-order valence-electron chi connectivity index (χ1n) is 9.84. The molecule has 0 saturated heterocycles. The molecule has 4 nitrogen and oxygen atoms in total. The van der Waals surface area contributed by atoms with Gasteiger partial charge in [0.05, 0.1) is 12.6 Å². The largest absolute Gasteiger partial charge is 0.494 e. The smallest absolute Gasteiger partial charge is 0.251 e. The third-order valence-corrected chi connectivity index (χ3v) is 5.53. The average Bonchev–Trinajstić information content (AvgIpc) is 2.69. The number of aryl methyl sites for hydroxylation is 1. The predicted molar refractivity (Wildman–Crippen MR) is 108 cm³/mol. The van der Waals surface area contributed by atoms with Gasteiger partial charge >= 0.3 is 0 Å². The van der Waals surface area contributed by atoms with Gasteiger partial charge in [0, 0.05) is 17.5 Å². The van der Waals surface area contributed by atoms with E-state index in [1.165, 1.54) is 0 Å². The second kappa shape index (κ2) is 8.03. The maximum Gasteiger partial charge on any atom is 0.251 e. The van der Waals surface area contributed by atoms with Gasteiger partial charge in [-0.3, -0.25) is 4.79 Å². The number of rotatable bonds is 6. The van der Waals surface area contributed by atoms with Crippen molar-refractivity contribution >= 4 is 5.91 Å². The van der Waals surface area contributed by atoms with Crippen molar-refractivity contribution in [2.45, 2.75) is 58.6 Å². The van der Waals surface area contributed by atoms with Crippen LogP contribution in [0.5, 0.6) is 11.5 Å². The molecule has 27 heavy (non-hydrogen) atoms. The molecule has 2 aromatic rings. The number of carbonyl (C=O) groups is 1. The summed E-state index contributed by atoms with van der Waals surface area (Å²) in [5, 5.41) is 3.23. The van der Waals surface area contributed by atoms with E-state index in [1.807, 2.05) is 56.3 Å². The van der Waals surface area contributed by atoms with Crippen molar-refractivity contribution in [3.05, 3.63) is 59.2 Å². The van der Waals surface area contributed by atoms with Crippen LogP contribution in [0.4, 0.5) is 0 Å². The summed E-state index contributed by atoms with van der Waals surface area (Å²) < 4.78 is 11.9. The Balaban J connectivity index is 1.85. The summed E-state index contributed by atoms with van der Waals surface area (Å²) in [4.78, 5) is 12.9. The third-order valence-electron chi connectivity index (χ3n) is 5.53. The van der Waals surface area contributed by atoms with Gasteiger partial charge in [0.2, 0.25) is 0 Å². The molecule has 1 aliphatic rings. The van der Waals surface area contributed by atoms with Crippen LogP contribution in [0.2, 0.25) is 0 Å². The number of benzene rings is 2. The zero-order valence-electron chi connectivity index (χ0n) is 16.7. The molecular formula is C23H29NO3. The molecule has 0 aliphatic carbocycles. The molecule has 3 rings (SSSR count). The molecule has 1 heterocycles. The molecule has 0 unspecified atom stereocenters. The molecule has 144 valence electrons. The summed E-state index contributed by atoms with van der Waals surface area (Å²) in [7, 11) is 0. The highest BCUT2D eigenvalue weighted by Gasteiger charge is 2.39.